The van der Waals surface area contributed by atoms with Crippen LogP contribution in [0.2, 0.25) is 0 Å². The normalized spacial score (nSPS) is 8.62. The number of allylic oxidation sites excluding steroid dienone is 1. The maximum atomic E-state index is 8.52. The molecule has 0 radical (unpaired) electrons. The first kappa shape index (κ1) is 22.0. The average Bonchev–Trinajstić information content (AvgIpc) is 2.03. The van der Waals surface area contributed by atoms with Crippen LogP contribution < -0.4 is 59.1 Å². The maximum absolute atomic E-state index is 8.52. The molecule has 1 aromatic carbocycles. The first-order chi connectivity index (χ1) is 6.43. The van der Waals surface area contributed by atoms with E-state index in [-0.39, 0.29) is 59.1 Å². The Morgan fingerprint density at radius 1 is 1.12 bits per heavy atom. The monoisotopic (exact) mass is 260 g/mol. The zero-order valence-corrected chi connectivity index (χ0v) is 14.2. The molecule has 1 rings (SSSR count). The molecule has 0 fully saturated rings. The molecule has 16 heavy (non-hydrogen) atoms. The molecule has 0 atom stereocenters. The Balaban J connectivity index is -0.000000214. The van der Waals surface area contributed by atoms with E-state index in [9.17, 15) is 0 Å². The van der Waals surface area contributed by atoms with Crippen LogP contribution in [0.1, 0.15) is 5.56 Å². The number of hydrogen-bond donors (Lipinski definition) is 0. The molecule has 78 valence electrons. The Morgan fingerprint density at radius 2 is 1.50 bits per heavy atom. The number of benzene rings is 1. The topological polar surface area (TPSA) is 80.3 Å². The standard InChI is InChI=1S/C9H10.2Na.H2O4S/c1-2-6-9-7-4-3-5-8-9;;;1-5(2,3)4/h2-5,7-8H,1,6H2;;;(H2,1,2,3,4)/q;2*+1;/p-2. The Labute approximate surface area is 140 Å². The summed E-state index contributed by atoms with van der Waals surface area (Å²) in [6.07, 6.45) is 2.89. The van der Waals surface area contributed by atoms with Crippen molar-refractivity contribution in [3.63, 3.8) is 0 Å². The Hall–Kier alpha value is 0.830. The minimum Gasteiger partial charge on any atom is -0.759 e. The second-order valence-electron chi connectivity index (χ2n) is 2.39. The van der Waals surface area contributed by atoms with Crippen molar-refractivity contribution in [2.45, 2.75) is 6.42 Å². The molecule has 0 unspecified atom stereocenters. The fraction of sp³-hybridized carbons (Fsp3) is 0.111. The summed E-state index contributed by atoms with van der Waals surface area (Å²) in [4.78, 5) is 0. The summed E-state index contributed by atoms with van der Waals surface area (Å²) >= 11 is 0. The van der Waals surface area contributed by atoms with E-state index in [1.165, 1.54) is 5.56 Å². The van der Waals surface area contributed by atoms with Crippen LogP contribution in [-0.2, 0) is 16.8 Å². The van der Waals surface area contributed by atoms with Crippen molar-refractivity contribution in [2.75, 3.05) is 0 Å². The molecule has 0 saturated carbocycles. The molecular weight excluding hydrogens is 250 g/mol. The molecule has 0 amide bonds. The number of rotatable bonds is 2. The van der Waals surface area contributed by atoms with Crippen molar-refractivity contribution in [1.82, 2.24) is 0 Å². The van der Waals surface area contributed by atoms with Crippen molar-refractivity contribution in [3.05, 3.63) is 48.6 Å². The van der Waals surface area contributed by atoms with E-state index < -0.39 is 10.4 Å². The Bertz CT molecular complexity index is 356. The molecule has 7 heteroatoms. The minimum absolute atomic E-state index is 0. The van der Waals surface area contributed by atoms with E-state index in [2.05, 4.69) is 18.7 Å². The third kappa shape index (κ3) is 20.3. The van der Waals surface area contributed by atoms with Crippen molar-refractivity contribution < 1.29 is 76.6 Å². The van der Waals surface area contributed by atoms with Crippen molar-refractivity contribution in [2.24, 2.45) is 0 Å². The van der Waals surface area contributed by atoms with Crippen molar-refractivity contribution >= 4 is 10.4 Å². The van der Waals surface area contributed by atoms with Gasteiger partial charge in [-0.1, -0.05) is 36.4 Å². The van der Waals surface area contributed by atoms with Gasteiger partial charge in [0, 0.05) is 10.4 Å². The van der Waals surface area contributed by atoms with Gasteiger partial charge in [-0.3, -0.25) is 8.42 Å². The predicted molar refractivity (Wildman–Crippen MR) is 50.8 cm³/mol. The van der Waals surface area contributed by atoms with Crippen molar-refractivity contribution in [3.8, 4) is 0 Å². The summed E-state index contributed by atoms with van der Waals surface area (Å²) in [5.41, 5.74) is 1.33. The number of hydrogen-bond acceptors (Lipinski definition) is 4. The second-order valence-corrected chi connectivity index (χ2v) is 3.20. The molecule has 0 saturated heterocycles. The van der Waals surface area contributed by atoms with Gasteiger partial charge < -0.3 is 9.11 Å². The Morgan fingerprint density at radius 3 is 1.81 bits per heavy atom. The largest absolute Gasteiger partial charge is 1.00 e. The zero-order chi connectivity index (χ0) is 11.0. The molecule has 0 aliphatic carbocycles. The fourth-order valence-corrected chi connectivity index (χ4v) is 0.781. The summed E-state index contributed by atoms with van der Waals surface area (Å²) in [6.45, 7) is 3.66. The molecule has 0 aromatic heterocycles. The first-order valence-corrected chi connectivity index (χ1v) is 5.08. The van der Waals surface area contributed by atoms with Crippen LogP contribution in [0.25, 0.3) is 0 Å². The van der Waals surface area contributed by atoms with Crippen LogP contribution in [0.3, 0.4) is 0 Å². The summed E-state index contributed by atoms with van der Waals surface area (Å²) in [5, 5.41) is 0. The van der Waals surface area contributed by atoms with E-state index in [1.54, 1.807) is 0 Å². The minimum atomic E-state index is -5.17. The van der Waals surface area contributed by atoms with Crippen LogP contribution in [0.5, 0.6) is 0 Å². The zero-order valence-electron chi connectivity index (χ0n) is 9.42. The molecule has 0 bridgehead atoms. The molecule has 0 heterocycles. The van der Waals surface area contributed by atoms with E-state index in [0.29, 0.717) is 0 Å². The molecule has 0 aliphatic heterocycles. The molecular formula is C9H10Na2O4S. The quantitative estimate of drug-likeness (QED) is 0.231. The van der Waals surface area contributed by atoms with Crippen LogP contribution in [0.15, 0.2) is 43.0 Å². The Kier molecular flexibility index (Phi) is 16.9. The molecule has 0 aliphatic rings. The second kappa shape index (κ2) is 12.3. The third-order valence-corrected chi connectivity index (χ3v) is 1.22. The molecule has 4 nitrogen and oxygen atoms in total. The SMILES string of the molecule is C=CCc1ccccc1.O=S(=O)([O-])[O-].[Na+].[Na+]. The summed E-state index contributed by atoms with van der Waals surface area (Å²) in [6, 6.07) is 10.3. The van der Waals surface area contributed by atoms with Gasteiger partial charge in [-0.05, 0) is 12.0 Å². The van der Waals surface area contributed by atoms with Gasteiger partial charge in [0.2, 0.25) is 0 Å². The average molecular weight is 260 g/mol. The predicted octanol–water partition coefficient (Wildman–Crippen LogP) is -4.91. The van der Waals surface area contributed by atoms with Gasteiger partial charge in [0.05, 0.1) is 0 Å². The summed E-state index contributed by atoms with van der Waals surface area (Å²) in [5.74, 6) is 0. The van der Waals surface area contributed by atoms with Gasteiger partial charge >= 0.3 is 59.1 Å². The first-order valence-electron chi connectivity index (χ1n) is 3.75. The van der Waals surface area contributed by atoms with E-state index in [0.717, 1.165) is 6.42 Å². The van der Waals surface area contributed by atoms with Crippen LogP contribution in [0.4, 0.5) is 0 Å². The van der Waals surface area contributed by atoms with Crippen LogP contribution in [-0.4, -0.2) is 17.5 Å². The van der Waals surface area contributed by atoms with Gasteiger partial charge in [0.1, 0.15) is 0 Å². The van der Waals surface area contributed by atoms with Gasteiger partial charge in [-0.15, -0.1) is 6.58 Å². The summed E-state index contributed by atoms with van der Waals surface area (Å²) in [7, 11) is -5.17. The molecule has 1 aromatic rings. The van der Waals surface area contributed by atoms with E-state index in [4.69, 9.17) is 17.5 Å². The summed E-state index contributed by atoms with van der Waals surface area (Å²) < 4.78 is 34.1. The van der Waals surface area contributed by atoms with Gasteiger partial charge in [0.15, 0.2) is 0 Å². The third-order valence-electron chi connectivity index (χ3n) is 1.22. The van der Waals surface area contributed by atoms with Crippen LogP contribution >= 0.6 is 0 Å². The van der Waals surface area contributed by atoms with E-state index >= 15 is 0 Å². The molecule has 0 N–H and O–H groups in total. The maximum Gasteiger partial charge on any atom is 1.00 e. The van der Waals surface area contributed by atoms with Crippen LogP contribution in [0, 0.1) is 0 Å². The van der Waals surface area contributed by atoms with Gasteiger partial charge in [0.25, 0.3) is 0 Å². The van der Waals surface area contributed by atoms with Gasteiger partial charge in [-0.2, -0.15) is 0 Å². The molecule has 0 spiro atoms. The van der Waals surface area contributed by atoms with Crippen molar-refractivity contribution in [1.29, 1.82) is 0 Å². The van der Waals surface area contributed by atoms with Gasteiger partial charge in [-0.25, -0.2) is 0 Å². The van der Waals surface area contributed by atoms with E-state index in [1.807, 2.05) is 24.3 Å². The smallest absolute Gasteiger partial charge is 0.759 e. The fourth-order valence-electron chi connectivity index (χ4n) is 0.781.